The van der Waals surface area contributed by atoms with Gasteiger partial charge in [-0.1, -0.05) is 20.8 Å². The first-order chi connectivity index (χ1) is 12.3. The number of hydrogen-bond acceptors (Lipinski definition) is 4. The molecule has 1 amide bonds. The van der Waals surface area contributed by atoms with E-state index in [4.69, 9.17) is 4.43 Å². The van der Waals surface area contributed by atoms with Gasteiger partial charge in [0.2, 0.25) is 5.91 Å². The number of alkyl halides is 4. The first-order valence-corrected chi connectivity index (χ1v) is 13.3. The van der Waals surface area contributed by atoms with Crippen molar-refractivity contribution in [2.24, 2.45) is 0 Å². The second kappa shape index (κ2) is 8.77. The van der Waals surface area contributed by atoms with Crippen LogP contribution in [0.3, 0.4) is 0 Å². The minimum atomic E-state index is -4.96. The maximum absolute atomic E-state index is 14.0. The van der Waals surface area contributed by atoms with Gasteiger partial charge in [-0.15, -0.1) is 0 Å². The summed E-state index contributed by atoms with van der Waals surface area (Å²) in [6.45, 7) is 6.12. The lowest BCUT2D eigenvalue weighted by atomic mass is 9.89. The molecule has 1 saturated heterocycles. The Labute approximate surface area is 159 Å². The Hall–Kier alpha value is -0.683. The summed E-state index contributed by atoms with van der Waals surface area (Å²) < 4.78 is 83.9. The van der Waals surface area contributed by atoms with Gasteiger partial charge in [0.15, 0.2) is 30.3 Å². The summed E-state index contributed by atoms with van der Waals surface area (Å²) >= 11 is 0. The molecule has 0 radical (unpaired) electrons. The predicted octanol–water partition coefficient (Wildman–Crippen LogP) is 3.66. The van der Waals surface area contributed by atoms with Crippen LogP contribution in [0.5, 0.6) is 0 Å². The summed E-state index contributed by atoms with van der Waals surface area (Å²) in [6.07, 6.45) is -8.54. The molecule has 0 spiro atoms. The first kappa shape index (κ1) is 24.4. The Bertz CT molecular complexity index is 606. The van der Waals surface area contributed by atoms with Crippen LogP contribution >= 0.6 is 0 Å². The molecule has 0 bridgehead atoms. The summed E-state index contributed by atoms with van der Waals surface area (Å²) in [5, 5.41) is 0. The largest absolute Gasteiger partial charge is 0.414 e. The van der Waals surface area contributed by atoms with Gasteiger partial charge < -0.3 is 9.33 Å². The van der Waals surface area contributed by atoms with Gasteiger partial charge in [-0.05, 0) is 31.0 Å². The fourth-order valence-electron chi connectivity index (χ4n) is 3.77. The molecule has 1 aliphatic rings. The number of rotatable bonds is 8. The quantitative estimate of drug-likeness (QED) is 0.431. The molecule has 1 unspecified atom stereocenters. The standard InChI is InChI=1S/C16H29F4NO4SSi/c1-5-27(6-2,7-3)25-14(16(18,19)20)15(26(23,24)12-17)8-10-21(11-9-15)13(4)22/h14H,5-12H2,1-4H3. The van der Waals surface area contributed by atoms with E-state index in [1.807, 2.05) is 0 Å². The van der Waals surface area contributed by atoms with E-state index in [1.54, 1.807) is 20.8 Å². The van der Waals surface area contributed by atoms with Crippen molar-refractivity contribution in [3.63, 3.8) is 0 Å². The van der Waals surface area contributed by atoms with Crippen molar-refractivity contribution in [3.8, 4) is 0 Å². The molecule has 160 valence electrons. The minimum Gasteiger partial charge on any atom is -0.404 e. The van der Waals surface area contributed by atoms with E-state index >= 15 is 0 Å². The van der Waals surface area contributed by atoms with Crippen LogP contribution < -0.4 is 0 Å². The lowest BCUT2D eigenvalue weighted by molar-refractivity contribution is -0.212. The molecule has 0 aromatic heterocycles. The Balaban J connectivity index is 3.48. The van der Waals surface area contributed by atoms with Gasteiger partial charge in [0.05, 0.1) is 0 Å². The molecule has 1 fully saturated rings. The zero-order valence-electron chi connectivity index (χ0n) is 16.2. The summed E-state index contributed by atoms with van der Waals surface area (Å²) in [4.78, 5) is 12.8. The van der Waals surface area contributed by atoms with Crippen molar-refractivity contribution in [2.75, 3.05) is 19.1 Å². The second-order valence-electron chi connectivity index (χ2n) is 7.08. The van der Waals surface area contributed by atoms with Gasteiger partial charge in [0.25, 0.3) is 0 Å². The number of sulfone groups is 1. The third-order valence-electron chi connectivity index (χ3n) is 5.89. The third-order valence-corrected chi connectivity index (χ3v) is 12.6. The number of carbonyl (C=O) groups excluding carboxylic acids is 1. The number of amides is 1. The highest BCUT2D eigenvalue weighted by Crippen LogP contribution is 2.45. The van der Waals surface area contributed by atoms with Crippen molar-refractivity contribution in [2.45, 2.75) is 75.7 Å². The number of piperidine rings is 1. The number of nitrogens with zero attached hydrogens (tertiary/aromatic N) is 1. The average molecular weight is 436 g/mol. The molecule has 1 aliphatic heterocycles. The Morgan fingerprint density at radius 3 is 1.89 bits per heavy atom. The van der Waals surface area contributed by atoms with E-state index < -0.39 is 54.0 Å². The zero-order chi connectivity index (χ0) is 21.1. The second-order valence-corrected chi connectivity index (χ2v) is 14.1. The SMILES string of the molecule is CC[Si](CC)(CC)OC(C(F)(F)F)C1(S(=O)(=O)CF)CCN(C(C)=O)CC1. The predicted molar refractivity (Wildman–Crippen MR) is 97.2 cm³/mol. The highest BCUT2D eigenvalue weighted by molar-refractivity contribution is 7.92. The van der Waals surface area contributed by atoms with Crippen molar-refractivity contribution in [1.82, 2.24) is 4.90 Å². The first-order valence-electron chi connectivity index (χ1n) is 9.13. The van der Waals surface area contributed by atoms with Crippen LogP contribution in [-0.2, 0) is 19.1 Å². The van der Waals surface area contributed by atoms with Crippen molar-refractivity contribution >= 4 is 24.1 Å². The zero-order valence-corrected chi connectivity index (χ0v) is 18.1. The molecule has 1 rings (SSSR count). The van der Waals surface area contributed by atoms with Crippen LogP contribution in [0, 0.1) is 0 Å². The molecule has 1 heterocycles. The van der Waals surface area contributed by atoms with Crippen LogP contribution in [-0.4, -0.2) is 63.7 Å². The Kier molecular flexibility index (Phi) is 7.91. The number of likely N-dealkylation sites (tertiary alicyclic amines) is 1. The molecular formula is C16H29F4NO4SSi. The molecule has 0 N–H and O–H groups in total. The molecule has 27 heavy (non-hydrogen) atoms. The van der Waals surface area contributed by atoms with E-state index in [2.05, 4.69) is 0 Å². The van der Waals surface area contributed by atoms with E-state index in [0.29, 0.717) is 18.1 Å². The van der Waals surface area contributed by atoms with Crippen LogP contribution in [0.25, 0.3) is 0 Å². The normalized spacial score (nSPS) is 19.8. The molecule has 1 atom stereocenters. The van der Waals surface area contributed by atoms with Crippen LogP contribution in [0.15, 0.2) is 0 Å². The number of hydrogen-bond donors (Lipinski definition) is 0. The van der Waals surface area contributed by atoms with Crippen molar-refractivity contribution in [3.05, 3.63) is 0 Å². The Morgan fingerprint density at radius 1 is 1.15 bits per heavy atom. The van der Waals surface area contributed by atoms with E-state index in [9.17, 15) is 30.8 Å². The van der Waals surface area contributed by atoms with E-state index in [0.717, 1.165) is 0 Å². The summed E-state index contributed by atoms with van der Waals surface area (Å²) in [6, 6.07) is -0.685. The van der Waals surface area contributed by atoms with E-state index in [-0.39, 0.29) is 19.0 Å². The number of carbonyl (C=O) groups is 1. The van der Waals surface area contributed by atoms with Crippen LogP contribution in [0.4, 0.5) is 17.6 Å². The average Bonchev–Trinajstić information content (AvgIpc) is 2.62. The fraction of sp³-hybridized carbons (Fsp3) is 0.938. The van der Waals surface area contributed by atoms with Crippen molar-refractivity contribution < 1.29 is 35.2 Å². The lowest BCUT2D eigenvalue weighted by Gasteiger charge is -2.47. The highest BCUT2D eigenvalue weighted by Gasteiger charge is 2.63. The summed E-state index contributed by atoms with van der Waals surface area (Å²) in [5.41, 5.74) is 0. The highest BCUT2D eigenvalue weighted by atomic mass is 32.2. The third kappa shape index (κ3) is 4.84. The van der Waals surface area contributed by atoms with Gasteiger partial charge >= 0.3 is 6.18 Å². The Morgan fingerprint density at radius 2 is 1.59 bits per heavy atom. The maximum Gasteiger partial charge on any atom is 0.414 e. The molecular weight excluding hydrogens is 406 g/mol. The minimum absolute atomic E-state index is 0.177. The topological polar surface area (TPSA) is 63.7 Å². The summed E-state index contributed by atoms with van der Waals surface area (Å²) in [7, 11) is -7.58. The number of halogens is 4. The van der Waals surface area contributed by atoms with Crippen LogP contribution in [0.1, 0.15) is 40.5 Å². The van der Waals surface area contributed by atoms with Gasteiger partial charge in [-0.3, -0.25) is 4.79 Å². The van der Waals surface area contributed by atoms with Crippen molar-refractivity contribution in [1.29, 1.82) is 0 Å². The van der Waals surface area contributed by atoms with Gasteiger partial charge in [0, 0.05) is 20.0 Å². The molecule has 0 aromatic carbocycles. The maximum atomic E-state index is 14.0. The molecule has 0 aliphatic carbocycles. The van der Waals surface area contributed by atoms with Gasteiger partial charge in [0.1, 0.15) is 4.75 Å². The monoisotopic (exact) mass is 435 g/mol. The van der Waals surface area contributed by atoms with Gasteiger partial charge in [-0.25, -0.2) is 12.8 Å². The fourth-order valence-corrected chi connectivity index (χ4v) is 8.24. The molecule has 5 nitrogen and oxygen atoms in total. The smallest absolute Gasteiger partial charge is 0.404 e. The molecule has 0 aromatic rings. The van der Waals surface area contributed by atoms with E-state index in [1.165, 1.54) is 11.8 Å². The summed E-state index contributed by atoms with van der Waals surface area (Å²) in [5.74, 6) is -0.356. The lowest BCUT2D eigenvalue weighted by Crippen LogP contribution is -2.64. The van der Waals surface area contributed by atoms with Gasteiger partial charge in [-0.2, -0.15) is 13.2 Å². The van der Waals surface area contributed by atoms with Crippen LogP contribution in [0.2, 0.25) is 18.1 Å². The molecule has 0 saturated carbocycles. The molecule has 11 heteroatoms.